The van der Waals surface area contributed by atoms with Crippen LogP contribution in [0.2, 0.25) is 0 Å². The van der Waals surface area contributed by atoms with Crippen molar-refractivity contribution in [3.05, 3.63) is 39.9 Å². The summed E-state index contributed by atoms with van der Waals surface area (Å²) in [5.74, 6) is 0. The van der Waals surface area contributed by atoms with E-state index in [2.05, 4.69) is 10.6 Å². The van der Waals surface area contributed by atoms with Gasteiger partial charge < -0.3 is 15.4 Å². The first-order valence-electron chi connectivity index (χ1n) is 7.65. The second-order valence-electron chi connectivity index (χ2n) is 6.30. The third-order valence-corrected chi connectivity index (χ3v) is 3.10. The molecule has 0 aliphatic carbocycles. The van der Waals surface area contributed by atoms with Crippen LogP contribution in [0.4, 0.5) is 10.5 Å². The van der Waals surface area contributed by atoms with E-state index < -0.39 is 16.6 Å². The summed E-state index contributed by atoms with van der Waals surface area (Å²) < 4.78 is 5.18. The van der Waals surface area contributed by atoms with E-state index in [-0.39, 0.29) is 11.7 Å². The number of rotatable bonds is 7. The van der Waals surface area contributed by atoms with Crippen LogP contribution in [0.15, 0.2) is 24.3 Å². The normalized spacial score (nSPS) is 12.5. The molecule has 0 aliphatic heterocycles. The Balaban J connectivity index is 2.46. The highest BCUT2D eigenvalue weighted by Crippen LogP contribution is 2.13. The molecule has 0 saturated carbocycles. The van der Waals surface area contributed by atoms with Gasteiger partial charge in [0.05, 0.1) is 4.92 Å². The van der Waals surface area contributed by atoms with Crippen LogP contribution in [0.1, 0.15) is 39.7 Å². The third-order valence-electron chi connectivity index (χ3n) is 3.10. The second-order valence-corrected chi connectivity index (χ2v) is 6.30. The topological polar surface area (TPSA) is 93.5 Å². The van der Waals surface area contributed by atoms with Crippen molar-refractivity contribution >= 4 is 11.8 Å². The molecule has 2 N–H and O–H groups in total. The van der Waals surface area contributed by atoms with E-state index in [0.717, 1.165) is 12.0 Å². The molecule has 0 aromatic heterocycles. The Labute approximate surface area is 136 Å². The van der Waals surface area contributed by atoms with Crippen LogP contribution in [0.3, 0.4) is 0 Å². The number of carbonyl (C=O) groups excluding carboxylic acids is 1. The molecule has 1 aromatic rings. The minimum atomic E-state index is -0.526. The Hall–Kier alpha value is -2.15. The van der Waals surface area contributed by atoms with E-state index in [4.69, 9.17) is 4.74 Å². The second kappa shape index (κ2) is 8.47. The van der Waals surface area contributed by atoms with Gasteiger partial charge in [-0.3, -0.25) is 10.1 Å². The van der Waals surface area contributed by atoms with Crippen LogP contribution in [0.25, 0.3) is 0 Å². The number of carbonyl (C=O) groups is 1. The summed E-state index contributed by atoms with van der Waals surface area (Å²) in [7, 11) is 0. The smallest absolute Gasteiger partial charge is 0.407 e. The van der Waals surface area contributed by atoms with Gasteiger partial charge in [0.15, 0.2) is 0 Å². The monoisotopic (exact) mass is 323 g/mol. The standard InChI is InChI=1S/C16H25N3O4/c1-5-13(11-18-15(20)23-16(2,3)4)17-10-12-7-6-8-14(9-12)19(21)22/h6-9,13,17H,5,10-11H2,1-4H3,(H,18,20). The van der Waals surface area contributed by atoms with Crippen molar-refractivity contribution < 1.29 is 14.5 Å². The van der Waals surface area contributed by atoms with Gasteiger partial charge in [-0.25, -0.2) is 4.79 Å². The highest BCUT2D eigenvalue weighted by Gasteiger charge is 2.17. The summed E-state index contributed by atoms with van der Waals surface area (Å²) in [5.41, 5.74) is 0.376. The summed E-state index contributed by atoms with van der Waals surface area (Å²) >= 11 is 0. The predicted octanol–water partition coefficient (Wildman–Crippen LogP) is 2.99. The number of nitrogens with one attached hydrogen (secondary N) is 2. The van der Waals surface area contributed by atoms with Gasteiger partial charge in [0.2, 0.25) is 0 Å². The Kier molecular flexibility index (Phi) is 6.96. The molecule has 0 aliphatic rings. The summed E-state index contributed by atoms with van der Waals surface area (Å²) in [6, 6.07) is 6.55. The zero-order chi connectivity index (χ0) is 17.5. The lowest BCUT2D eigenvalue weighted by atomic mass is 10.1. The number of hydrogen-bond donors (Lipinski definition) is 2. The molecule has 23 heavy (non-hydrogen) atoms. The van der Waals surface area contributed by atoms with Gasteiger partial charge in [-0.1, -0.05) is 19.1 Å². The minimum absolute atomic E-state index is 0.0572. The van der Waals surface area contributed by atoms with Crippen molar-refractivity contribution in [1.82, 2.24) is 10.6 Å². The van der Waals surface area contributed by atoms with Gasteiger partial charge in [0, 0.05) is 31.3 Å². The van der Waals surface area contributed by atoms with E-state index in [0.29, 0.717) is 13.1 Å². The number of nitrogens with zero attached hydrogens (tertiary/aromatic N) is 1. The lowest BCUT2D eigenvalue weighted by Gasteiger charge is -2.22. The summed E-state index contributed by atoms with van der Waals surface area (Å²) in [6.45, 7) is 8.36. The van der Waals surface area contributed by atoms with Crippen molar-refractivity contribution in [2.75, 3.05) is 6.54 Å². The molecule has 0 fully saturated rings. The van der Waals surface area contributed by atoms with E-state index in [1.54, 1.807) is 12.1 Å². The number of hydrogen-bond acceptors (Lipinski definition) is 5. The molecule has 0 bridgehead atoms. The quantitative estimate of drug-likeness (QED) is 0.594. The van der Waals surface area contributed by atoms with Crippen LogP contribution >= 0.6 is 0 Å². The Morgan fingerprint density at radius 1 is 1.39 bits per heavy atom. The number of alkyl carbamates (subject to hydrolysis) is 1. The Morgan fingerprint density at radius 2 is 2.09 bits per heavy atom. The molecular weight excluding hydrogens is 298 g/mol. The largest absolute Gasteiger partial charge is 0.444 e. The van der Waals surface area contributed by atoms with Crippen molar-refractivity contribution in [2.45, 2.75) is 52.3 Å². The van der Waals surface area contributed by atoms with Crippen molar-refractivity contribution in [1.29, 1.82) is 0 Å². The number of ether oxygens (including phenoxy) is 1. The number of nitro benzene ring substituents is 1. The molecule has 1 atom stereocenters. The molecular formula is C16H25N3O4. The molecule has 0 heterocycles. The fraction of sp³-hybridized carbons (Fsp3) is 0.562. The molecule has 0 spiro atoms. The van der Waals surface area contributed by atoms with E-state index in [1.165, 1.54) is 6.07 Å². The first kappa shape index (κ1) is 18.9. The van der Waals surface area contributed by atoms with Crippen LogP contribution < -0.4 is 10.6 Å². The first-order chi connectivity index (χ1) is 10.7. The van der Waals surface area contributed by atoms with Gasteiger partial charge in [0.25, 0.3) is 5.69 Å². The molecule has 0 saturated heterocycles. The van der Waals surface area contributed by atoms with Gasteiger partial charge in [-0.15, -0.1) is 0 Å². The maximum atomic E-state index is 11.6. The van der Waals surface area contributed by atoms with Gasteiger partial charge in [-0.2, -0.15) is 0 Å². The average Bonchev–Trinajstić information content (AvgIpc) is 2.46. The van der Waals surface area contributed by atoms with Gasteiger partial charge >= 0.3 is 6.09 Å². The SMILES string of the molecule is CCC(CNC(=O)OC(C)(C)C)NCc1cccc([N+](=O)[O-])c1. The number of nitro groups is 1. The highest BCUT2D eigenvalue weighted by atomic mass is 16.6. The van der Waals surface area contributed by atoms with E-state index >= 15 is 0 Å². The van der Waals surface area contributed by atoms with Gasteiger partial charge in [-0.05, 0) is 32.8 Å². The van der Waals surface area contributed by atoms with E-state index in [1.807, 2.05) is 33.8 Å². The molecule has 1 amide bonds. The maximum absolute atomic E-state index is 11.6. The predicted molar refractivity (Wildman–Crippen MR) is 88.3 cm³/mol. The highest BCUT2D eigenvalue weighted by molar-refractivity contribution is 5.67. The van der Waals surface area contributed by atoms with Crippen LogP contribution in [-0.2, 0) is 11.3 Å². The Morgan fingerprint density at radius 3 is 2.65 bits per heavy atom. The maximum Gasteiger partial charge on any atom is 0.407 e. The molecule has 128 valence electrons. The molecule has 7 nitrogen and oxygen atoms in total. The van der Waals surface area contributed by atoms with Crippen LogP contribution in [0, 0.1) is 10.1 Å². The number of non-ortho nitro benzene ring substituents is 1. The summed E-state index contributed by atoms with van der Waals surface area (Å²) in [5, 5.41) is 16.8. The molecule has 1 rings (SSSR count). The average molecular weight is 323 g/mol. The van der Waals surface area contributed by atoms with Crippen molar-refractivity contribution in [2.24, 2.45) is 0 Å². The summed E-state index contributed by atoms with van der Waals surface area (Å²) in [6.07, 6.45) is 0.359. The first-order valence-corrected chi connectivity index (χ1v) is 7.65. The summed E-state index contributed by atoms with van der Waals surface area (Å²) in [4.78, 5) is 22.0. The molecule has 7 heteroatoms. The van der Waals surface area contributed by atoms with Crippen molar-refractivity contribution in [3.63, 3.8) is 0 Å². The fourth-order valence-corrected chi connectivity index (χ4v) is 1.92. The molecule has 1 aromatic carbocycles. The molecule has 1 unspecified atom stereocenters. The number of benzene rings is 1. The molecule has 0 radical (unpaired) electrons. The Bertz CT molecular complexity index is 540. The number of amides is 1. The lowest BCUT2D eigenvalue weighted by Crippen LogP contribution is -2.42. The van der Waals surface area contributed by atoms with E-state index in [9.17, 15) is 14.9 Å². The van der Waals surface area contributed by atoms with Crippen molar-refractivity contribution in [3.8, 4) is 0 Å². The van der Waals surface area contributed by atoms with Crippen LogP contribution in [-0.4, -0.2) is 29.2 Å². The lowest BCUT2D eigenvalue weighted by molar-refractivity contribution is -0.384. The third kappa shape index (κ3) is 7.60. The van der Waals surface area contributed by atoms with Crippen LogP contribution in [0.5, 0.6) is 0 Å². The van der Waals surface area contributed by atoms with Gasteiger partial charge in [0.1, 0.15) is 5.60 Å². The fourth-order valence-electron chi connectivity index (χ4n) is 1.92. The minimum Gasteiger partial charge on any atom is -0.444 e. The zero-order valence-electron chi connectivity index (χ0n) is 14.1. The zero-order valence-corrected chi connectivity index (χ0v) is 14.1.